The van der Waals surface area contributed by atoms with Crippen LogP contribution in [0.2, 0.25) is 10.0 Å². The third-order valence-corrected chi connectivity index (χ3v) is 4.94. The molecule has 3 aromatic rings. The van der Waals surface area contributed by atoms with E-state index in [9.17, 15) is 9.59 Å². The first kappa shape index (κ1) is 19.4. The molecule has 0 spiro atoms. The number of halogens is 2. The molecule has 1 atom stereocenters. The lowest BCUT2D eigenvalue weighted by Gasteiger charge is -2.15. The first-order chi connectivity index (χ1) is 12.8. The number of aromatic nitrogens is 2. The second-order valence-electron chi connectivity index (χ2n) is 6.44. The van der Waals surface area contributed by atoms with Gasteiger partial charge in [0.15, 0.2) is 12.4 Å². The number of anilines is 1. The molecule has 2 aromatic carbocycles. The third kappa shape index (κ3) is 4.47. The number of aromatic amines is 1. The van der Waals surface area contributed by atoms with Crippen molar-refractivity contribution in [3.63, 3.8) is 0 Å². The SMILES string of the molecule is Cc1ccc(Cl)c(NC(=O)C[NH+](C)Cc2nc3ccccc3c(=O)[nH]2)c1Cl. The molecular weight excluding hydrogens is 387 g/mol. The van der Waals surface area contributed by atoms with Gasteiger partial charge in [-0.1, -0.05) is 41.4 Å². The average molecular weight is 406 g/mol. The minimum Gasteiger partial charge on any atom is -0.323 e. The summed E-state index contributed by atoms with van der Waals surface area (Å²) in [5.41, 5.74) is 1.68. The van der Waals surface area contributed by atoms with Crippen molar-refractivity contribution in [2.45, 2.75) is 13.5 Å². The molecule has 8 heteroatoms. The number of nitrogens with zero attached hydrogens (tertiary/aromatic N) is 1. The van der Waals surface area contributed by atoms with Crippen molar-refractivity contribution in [3.05, 3.63) is 68.2 Å². The van der Waals surface area contributed by atoms with Crippen LogP contribution in [0, 0.1) is 6.92 Å². The lowest BCUT2D eigenvalue weighted by atomic mass is 10.2. The number of hydrogen-bond donors (Lipinski definition) is 3. The molecule has 27 heavy (non-hydrogen) atoms. The van der Waals surface area contributed by atoms with Crippen LogP contribution in [0.15, 0.2) is 41.2 Å². The molecule has 0 aliphatic heterocycles. The van der Waals surface area contributed by atoms with Gasteiger partial charge < -0.3 is 15.2 Å². The van der Waals surface area contributed by atoms with Crippen molar-refractivity contribution < 1.29 is 9.69 Å². The topological polar surface area (TPSA) is 79.3 Å². The molecule has 6 nitrogen and oxygen atoms in total. The summed E-state index contributed by atoms with van der Waals surface area (Å²) in [7, 11) is 1.84. The number of likely N-dealkylation sites (N-methyl/N-ethyl adjacent to an activating group) is 1. The Labute approximate surface area is 166 Å². The highest BCUT2D eigenvalue weighted by Gasteiger charge is 2.16. The van der Waals surface area contributed by atoms with Crippen molar-refractivity contribution in [2.75, 3.05) is 18.9 Å². The Balaban J connectivity index is 1.69. The number of carbonyl (C=O) groups excluding carboxylic acids is 1. The Bertz CT molecular complexity index is 1070. The van der Waals surface area contributed by atoms with E-state index in [0.717, 1.165) is 10.5 Å². The first-order valence-electron chi connectivity index (χ1n) is 8.39. The number of rotatable bonds is 5. The fourth-order valence-electron chi connectivity index (χ4n) is 2.80. The Kier molecular flexibility index (Phi) is 5.79. The van der Waals surface area contributed by atoms with E-state index in [1.807, 2.05) is 20.0 Å². The van der Waals surface area contributed by atoms with Crippen LogP contribution in [0.5, 0.6) is 0 Å². The maximum Gasteiger partial charge on any atom is 0.279 e. The third-order valence-electron chi connectivity index (χ3n) is 4.14. The van der Waals surface area contributed by atoms with Gasteiger partial charge in [0, 0.05) is 0 Å². The van der Waals surface area contributed by atoms with Gasteiger partial charge in [-0.2, -0.15) is 0 Å². The van der Waals surface area contributed by atoms with Gasteiger partial charge in [-0.05, 0) is 30.7 Å². The van der Waals surface area contributed by atoms with E-state index < -0.39 is 0 Å². The summed E-state index contributed by atoms with van der Waals surface area (Å²) in [6.45, 7) is 2.40. The normalized spacial score (nSPS) is 12.1. The minimum absolute atomic E-state index is 0.164. The molecule has 1 aromatic heterocycles. The lowest BCUT2D eigenvalue weighted by Crippen LogP contribution is -3.08. The molecule has 3 rings (SSSR count). The first-order valence-corrected chi connectivity index (χ1v) is 9.14. The van der Waals surface area contributed by atoms with Gasteiger partial charge in [0.2, 0.25) is 0 Å². The van der Waals surface area contributed by atoms with Crippen LogP contribution >= 0.6 is 23.2 Å². The predicted octanol–water partition coefficient (Wildman–Crippen LogP) is 2.19. The quantitative estimate of drug-likeness (QED) is 0.608. The van der Waals surface area contributed by atoms with E-state index in [4.69, 9.17) is 23.2 Å². The van der Waals surface area contributed by atoms with Crippen LogP contribution in [0.3, 0.4) is 0 Å². The van der Waals surface area contributed by atoms with E-state index >= 15 is 0 Å². The molecule has 0 saturated carbocycles. The van der Waals surface area contributed by atoms with Crippen LogP contribution < -0.4 is 15.8 Å². The molecule has 1 unspecified atom stereocenters. The number of H-pyrrole nitrogens is 1. The molecule has 0 bridgehead atoms. The average Bonchev–Trinajstić information content (AvgIpc) is 2.62. The van der Waals surface area contributed by atoms with Crippen LogP contribution in [0.4, 0.5) is 5.69 Å². The zero-order valence-corrected chi connectivity index (χ0v) is 16.4. The molecule has 1 amide bonds. The summed E-state index contributed by atoms with van der Waals surface area (Å²) in [5.74, 6) is 0.292. The van der Waals surface area contributed by atoms with Gasteiger partial charge in [-0.25, -0.2) is 4.98 Å². The monoisotopic (exact) mass is 405 g/mol. The van der Waals surface area contributed by atoms with Gasteiger partial charge in [0.1, 0.15) is 6.54 Å². The smallest absolute Gasteiger partial charge is 0.279 e. The van der Waals surface area contributed by atoms with Crippen molar-refractivity contribution in [2.24, 2.45) is 0 Å². The number of aryl methyl sites for hydroxylation is 1. The van der Waals surface area contributed by atoms with Gasteiger partial charge in [0.25, 0.3) is 11.5 Å². The molecule has 0 aliphatic carbocycles. The molecule has 0 aliphatic rings. The van der Waals surface area contributed by atoms with E-state index in [2.05, 4.69) is 15.3 Å². The number of carbonyl (C=O) groups is 1. The zero-order chi connectivity index (χ0) is 19.6. The summed E-state index contributed by atoms with van der Waals surface area (Å²) < 4.78 is 0. The number of fused-ring (bicyclic) bond motifs is 1. The number of quaternary nitrogens is 1. The number of benzene rings is 2. The van der Waals surface area contributed by atoms with Crippen LogP contribution in [0.25, 0.3) is 10.9 Å². The molecule has 0 fully saturated rings. The van der Waals surface area contributed by atoms with Crippen LogP contribution in [0.1, 0.15) is 11.4 Å². The Morgan fingerprint density at radius 1 is 1.22 bits per heavy atom. The Morgan fingerprint density at radius 2 is 1.96 bits per heavy atom. The number of hydrogen-bond acceptors (Lipinski definition) is 3. The highest BCUT2D eigenvalue weighted by atomic mass is 35.5. The van der Waals surface area contributed by atoms with Crippen molar-refractivity contribution >= 4 is 45.7 Å². The predicted molar refractivity (Wildman–Crippen MR) is 108 cm³/mol. The lowest BCUT2D eigenvalue weighted by molar-refractivity contribution is -0.885. The highest BCUT2D eigenvalue weighted by Crippen LogP contribution is 2.32. The fourth-order valence-corrected chi connectivity index (χ4v) is 3.26. The molecule has 1 heterocycles. The van der Waals surface area contributed by atoms with Crippen LogP contribution in [-0.2, 0) is 11.3 Å². The summed E-state index contributed by atoms with van der Waals surface area (Å²) in [6, 6.07) is 10.6. The van der Waals surface area contributed by atoms with E-state index in [0.29, 0.717) is 39.0 Å². The second kappa shape index (κ2) is 8.08. The maximum absolute atomic E-state index is 12.4. The minimum atomic E-state index is -0.231. The molecule has 0 radical (unpaired) electrons. The van der Waals surface area contributed by atoms with E-state index in [1.54, 1.807) is 30.3 Å². The Morgan fingerprint density at radius 3 is 2.74 bits per heavy atom. The summed E-state index contributed by atoms with van der Waals surface area (Å²) >= 11 is 12.4. The molecule has 0 saturated heterocycles. The summed E-state index contributed by atoms with van der Waals surface area (Å²) in [4.78, 5) is 32.6. The standard InChI is InChI=1S/C19H18Cl2N4O2/c1-11-7-8-13(20)18(17(11)21)24-16(26)10-25(2)9-15-22-14-6-4-3-5-12(14)19(27)23-15/h3-8H,9-10H2,1-2H3,(H,24,26)(H,22,23,27)/p+1. The van der Waals surface area contributed by atoms with Crippen molar-refractivity contribution in [1.82, 2.24) is 9.97 Å². The highest BCUT2D eigenvalue weighted by molar-refractivity contribution is 6.40. The summed E-state index contributed by atoms with van der Waals surface area (Å²) in [6.07, 6.45) is 0. The zero-order valence-electron chi connectivity index (χ0n) is 14.9. The van der Waals surface area contributed by atoms with Crippen LogP contribution in [-0.4, -0.2) is 29.5 Å². The van der Waals surface area contributed by atoms with Gasteiger partial charge >= 0.3 is 0 Å². The Hall–Kier alpha value is -2.41. The number of para-hydroxylation sites is 1. The number of amides is 1. The van der Waals surface area contributed by atoms with E-state index in [-0.39, 0.29) is 18.0 Å². The second-order valence-corrected chi connectivity index (χ2v) is 7.23. The fraction of sp³-hybridized carbons (Fsp3) is 0.211. The number of nitrogens with one attached hydrogen (secondary N) is 3. The summed E-state index contributed by atoms with van der Waals surface area (Å²) in [5, 5.41) is 4.11. The maximum atomic E-state index is 12.4. The van der Waals surface area contributed by atoms with Crippen molar-refractivity contribution in [3.8, 4) is 0 Å². The van der Waals surface area contributed by atoms with E-state index in [1.165, 1.54) is 0 Å². The molecular formula is C19H19Cl2N4O2+. The van der Waals surface area contributed by atoms with Gasteiger partial charge in [0.05, 0.1) is 33.7 Å². The molecule has 3 N–H and O–H groups in total. The largest absolute Gasteiger partial charge is 0.323 e. The van der Waals surface area contributed by atoms with Gasteiger partial charge in [-0.3, -0.25) is 9.59 Å². The van der Waals surface area contributed by atoms with Crippen molar-refractivity contribution in [1.29, 1.82) is 0 Å². The molecule has 140 valence electrons. The van der Waals surface area contributed by atoms with Gasteiger partial charge in [-0.15, -0.1) is 0 Å².